The van der Waals surface area contributed by atoms with E-state index < -0.39 is 11.4 Å². The molecule has 3 aromatic carbocycles. The SMILES string of the molecule is COc1ccc(C(=O)Nc2ccc(C(C)(C)COC(=O)c3c[nH]c4cc(F)ccc34)cc2)cc1OC. The van der Waals surface area contributed by atoms with Gasteiger partial charge in [0.2, 0.25) is 0 Å². The first-order chi connectivity index (χ1) is 17.2. The number of rotatable bonds is 8. The number of nitrogens with one attached hydrogen (secondary N) is 2. The highest BCUT2D eigenvalue weighted by molar-refractivity contribution is 6.05. The van der Waals surface area contributed by atoms with Gasteiger partial charge in [-0.2, -0.15) is 0 Å². The van der Waals surface area contributed by atoms with E-state index in [1.165, 1.54) is 32.5 Å². The number of esters is 1. The highest BCUT2D eigenvalue weighted by Gasteiger charge is 2.24. The zero-order chi connectivity index (χ0) is 25.9. The van der Waals surface area contributed by atoms with E-state index in [4.69, 9.17) is 14.2 Å². The lowest BCUT2D eigenvalue weighted by Crippen LogP contribution is -2.26. The number of benzene rings is 3. The Morgan fingerprint density at radius 2 is 1.67 bits per heavy atom. The Morgan fingerprint density at radius 1 is 0.944 bits per heavy atom. The average Bonchev–Trinajstić information content (AvgIpc) is 3.30. The number of aromatic amines is 1. The molecule has 0 fully saturated rings. The van der Waals surface area contributed by atoms with Gasteiger partial charge in [0, 0.05) is 33.8 Å². The molecule has 0 saturated heterocycles. The molecule has 2 N–H and O–H groups in total. The molecule has 1 aromatic heterocycles. The molecule has 0 radical (unpaired) electrons. The summed E-state index contributed by atoms with van der Waals surface area (Å²) in [6.07, 6.45) is 1.52. The molecule has 4 aromatic rings. The summed E-state index contributed by atoms with van der Waals surface area (Å²) in [5.74, 6) is -0.138. The number of halogens is 1. The highest BCUT2D eigenvalue weighted by Crippen LogP contribution is 2.29. The van der Waals surface area contributed by atoms with Crippen LogP contribution in [0.25, 0.3) is 10.9 Å². The van der Waals surface area contributed by atoms with Crippen LogP contribution in [0.4, 0.5) is 10.1 Å². The van der Waals surface area contributed by atoms with Crippen molar-refractivity contribution in [2.45, 2.75) is 19.3 Å². The van der Waals surface area contributed by atoms with E-state index in [0.717, 1.165) is 5.56 Å². The summed E-state index contributed by atoms with van der Waals surface area (Å²) < 4.78 is 29.5. The smallest absolute Gasteiger partial charge is 0.340 e. The van der Waals surface area contributed by atoms with Crippen LogP contribution in [-0.4, -0.2) is 37.7 Å². The third-order valence-electron chi connectivity index (χ3n) is 6.00. The number of anilines is 1. The summed E-state index contributed by atoms with van der Waals surface area (Å²) in [5, 5.41) is 3.47. The Bertz CT molecular complexity index is 1410. The van der Waals surface area contributed by atoms with Crippen LogP contribution >= 0.6 is 0 Å². The number of hydrogen-bond donors (Lipinski definition) is 2. The van der Waals surface area contributed by atoms with Crippen LogP contribution in [0.15, 0.2) is 66.9 Å². The number of carbonyl (C=O) groups excluding carboxylic acids is 2. The van der Waals surface area contributed by atoms with Crippen molar-refractivity contribution >= 4 is 28.5 Å². The predicted octanol–water partition coefficient (Wildman–Crippen LogP) is 5.71. The van der Waals surface area contributed by atoms with Gasteiger partial charge in [-0.15, -0.1) is 0 Å². The average molecular weight is 491 g/mol. The summed E-state index contributed by atoms with van der Waals surface area (Å²) in [7, 11) is 3.05. The maximum atomic E-state index is 13.4. The number of aromatic nitrogens is 1. The quantitative estimate of drug-likeness (QED) is 0.309. The van der Waals surface area contributed by atoms with Gasteiger partial charge in [-0.25, -0.2) is 9.18 Å². The van der Waals surface area contributed by atoms with Gasteiger partial charge in [0.15, 0.2) is 11.5 Å². The molecule has 0 unspecified atom stereocenters. The molecule has 8 heteroatoms. The lowest BCUT2D eigenvalue weighted by molar-refractivity contribution is 0.0429. The Labute approximate surface area is 208 Å². The summed E-state index contributed by atoms with van der Waals surface area (Å²) >= 11 is 0. The van der Waals surface area contributed by atoms with Gasteiger partial charge in [0.05, 0.1) is 19.8 Å². The van der Waals surface area contributed by atoms with Crippen molar-refractivity contribution in [3.63, 3.8) is 0 Å². The van der Waals surface area contributed by atoms with Crippen LogP contribution in [0.5, 0.6) is 11.5 Å². The van der Waals surface area contributed by atoms with Gasteiger partial charge in [0.25, 0.3) is 5.91 Å². The molecule has 0 spiro atoms. The number of amides is 1. The van der Waals surface area contributed by atoms with E-state index in [9.17, 15) is 14.0 Å². The van der Waals surface area contributed by atoms with Gasteiger partial charge < -0.3 is 24.5 Å². The molecule has 0 bridgehead atoms. The highest BCUT2D eigenvalue weighted by atomic mass is 19.1. The van der Waals surface area contributed by atoms with Gasteiger partial charge >= 0.3 is 5.97 Å². The molecule has 36 heavy (non-hydrogen) atoms. The monoisotopic (exact) mass is 490 g/mol. The summed E-state index contributed by atoms with van der Waals surface area (Å²) in [5.41, 5.74) is 2.39. The van der Waals surface area contributed by atoms with E-state index in [0.29, 0.717) is 39.2 Å². The maximum Gasteiger partial charge on any atom is 0.340 e. The standard InChI is InChI=1S/C28H27FN2O5/c1-28(2,16-36-27(33)22-15-30-23-14-19(29)8-11-21(22)23)18-6-9-20(10-7-18)31-26(32)17-5-12-24(34-3)25(13-17)35-4/h5-15,30H,16H2,1-4H3,(H,31,32). The first-order valence-electron chi connectivity index (χ1n) is 11.3. The molecule has 0 aliphatic carbocycles. The van der Waals surface area contributed by atoms with Crippen LogP contribution < -0.4 is 14.8 Å². The van der Waals surface area contributed by atoms with Crippen molar-refractivity contribution in [2.75, 3.05) is 26.1 Å². The molecule has 186 valence electrons. The lowest BCUT2D eigenvalue weighted by atomic mass is 9.85. The van der Waals surface area contributed by atoms with Gasteiger partial charge in [0.1, 0.15) is 12.4 Å². The van der Waals surface area contributed by atoms with Crippen LogP contribution in [0.2, 0.25) is 0 Å². The number of methoxy groups -OCH3 is 2. The van der Waals surface area contributed by atoms with Crippen LogP contribution in [-0.2, 0) is 10.2 Å². The first kappa shape index (κ1) is 24.8. The van der Waals surface area contributed by atoms with Crippen LogP contribution in [0.3, 0.4) is 0 Å². The number of hydrogen-bond acceptors (Lipinski definition) is 5. The fourth-order valence-electron chi connectivity index (χ4n) is 3.86. The number of fused-ring (bicyclic) bond motifs is 1. The van der Waals surface area contributed by atoms with Crippen molar-refractivity contribution in [1.82, 2.24) is 4.98 Å². The van der Waals surface area contributed by atoms with Crippen molar-refractivity contribution in [1.29, 1.82) is 0 Å². The largest absolute Gasteiger partial charge is 0.493 e. The number of carbonyl (C=O) groups is 2. The molecule has 0 saturated carbocycles. The van der Waals surface area contributed by atoms with Gasteiger partial charge in [-0.1, -0.05) is 26.0 Å². The van der Waals surface area contributed by atoms with Gasteiger partial charge in [-0.3, -0.25) is 4.79 Å². The van der Waals surface area contributed by atoms with Crippen molar-refractivity contribution in [2.24, 2.45) is 0 Å². The minimum absolute atomic E-state index is 0.136. The molecule has 1 heterocycles. The molecular formula is C28H27FN2O5. The summed E-state index contributed by atoms with van der Waals surface area (Å²) in [6, 6.07) is 16.5. The van der Waals surface area contributed by atoms with E-state index in [2.05, 4.69) is 10.3 Å². The number of H-pyrrole nitrogens is 1. The second kappa shape index (κ2) is 10.1. The second-order valence-corrected chi connectivity index (χ2v) is 8.95. The molecular weight excluding hydrogens is 463 g/mol. The normalized spacial score (nSPS) is 11.2. The maximum absolute atomic E-state index is 13.4. The topological polar surface area (TPSA) is 89.6 Å². The van der Waals surface area contributed by atoms with E-state index in [1.54, 1.807) is 36.4 Å². The van der Waals surface area contributed by atoms with Crippen molar-refractivity contribution in [3.8, 4) is 11.5 Å². The Kier molecular flexibility index (Phi) is 6.96. The second-order valence-electron chi connectivity index (χ2n) is 8.95. The van der Waals surface area contributed by atoms with Crippen LogP contribution in [0.1, 0.15) is 40.1 Å². The Hall–Kier alpha value is -4.33. The molecule has 1 amide bonds. The van der Waals surface area contributed by atoms with E-state index in [1.807, 2.05) is 26.0 Å². The minimum Gasteiger partial charge on any atom is -0.493 e. The first-order valence-corrected chi connectivity index (χ1v) is 11.3. The fourth-order valence-corrected chi connectivity index (χ4v) is 3.86. The Balaban J connectivity index is 1.40. The number of ether oxygens (including phenoxy) is 3. The molecule has 0 aliphatic rings. The minimum atomic E-state index is -0.486. The third-order valence-corrected chi connectivity index (χ3v) is 6.00. The van der Waals surface area contributed by atoms with Crippen molar-refractivity contribution < 1.29 is 28.2 Å². The molecule has 4 rings (SSSR count). The summed E-state index contributed by atoms with van der Waals surface area (Å²) in [6.45, 7) is 4.06. The zero-order valence-corrected chi connectivity index (χ0v) is 20.5. The summed E-state index contributed by atoms with van der Waals surface area (Å²) in [4.78, 5) is 28.3. The van der Waals surface area contributed by atoms with E-state index >= 15 is 0 Å². The van der Waals surface area contributed by atoms with Crippen molar-refractivity contribution in [3.05, 3.63) is 89.4 Å². The molecule has 0 aliphatic heterocycles. The molecule has 7 nitrogen and oxygen atoms in total. The zero-order valence-electron chi connectivity index (χ0n) is 20.5. The van der Waals surface area contributed by atoms with Gasteiger partial charge in [-0.05, 0) is 54.1 Å². The Morgan fingerprint density at radius 3 is 2.36 bits per heavy atom. The predicted molar refractivity (Wildman–Crippen MR) is 136 cm³/mol. The fraction of sp³-hybridized carbons (Fsp3) is 0.214. The lowest BCUT2D eigenvalue weighted by Gasteiger charge is -2.25. The third kappa shape index (κ3) is 5.17. The molecule has 0 atom stereocenters. The van der Waals surface area contributed by atoms with E-state index in [-0.39, 0.29) is 18.3 Å². The van der Waals surface area contributed by atoms with Crippen LogP contribution in [0, 0.1) is 5.82 Å².